The van der Waals surface area contributed by atoms with Crippen molar-refractivity contribution < 1.29 is 4.74 Å². The van der Waals surface area contributed by atoms with Gasteiger partial charge in [-0.2, -0.15) is 0 Å². The van der Waals surface area contributed by atoms with Crippen LogP contribution in [0.4, 0.5) is 0 Å². The first kappa shape index (κ1) is 13.7. The van der Waals surface area contributed by atoms with E-state index in [2.05, 4.69) is 47.2 Å². The van der Waals surface area contributed by atoms with E-state index in [4.69, 9.17) is 10.5 Å². The zero-order chi connectivity index (χ0) is 14.7. The van der Waals surface area contributed by atoms with Crippen molar-refractivity contribution in [1.82, 2.24) is 4.57 Å². The Morgan fingerprint density at radius 2 is 1.86 bits per heavy atom. The van der Waals surface area contributed by atoms with E-state index in [0.717, 1.165) is 18.7 Å². The number of nitrogens with two attached hydrogens (primary N) is 1. The van der Waals surface area contributed by atoms with Crippen LogP contribution >= 0.6 is 0 Å². The van der Waals surface area contributed by atoms with Crippen molar-refractivity contribution in [2.75, 3.05) is 7.11 Å². The number of fused-ring (bicyclic) bond motifs is 1. The molecule has 1 heterocycles. The fourth-order valence-corrected chi connectivity index (χ4v) is 2.73. The van der Waals surface area contributed by atoms with E-state index in [-0.39, 0.29) is 0 Å². The molecule has 108 valence electrons. The van der Waals surface area contributed by atoms with Crippen LogP contribution in [-0.4, -0.2) is 11.7 Å². The van der Waals surface area contributed by atoms with E-state index < -0.39 is 0 Å². The zero-order valence-electron chi connectivity index (χ0n) is 12.3. The van der Waals surface area contributed by atoms with Crippen LogP contribution in [0.5, 0.6) is 5.75 Å². The first-order valence-electron chi connectivity index (χ1n) is 7.21. The van der Waals surface area contributed by atoms with Gasteiger partial charge in [-0.15, -0.1) is 0 Å². The van der Waals surface area contributed by atoms with Gasteiger partial charge in [-0.05, 0) is 41.1 Å². The number of aromatic nitrogens is 1. The molecule has 2 N–H and O–H groups in total. The van der Waals surface area contributed by atoms with Crippen molar-refractivity contribution >= 4 is 10.9 Å². The van der Waals surface area contributed by atoms with Gasteiger partial charge in [0, 0.05) is 19.3 Å². The van der Waals surface area contributed by atoms with Gasteiger partial charge >= 0.3 is 0 Å². The van der Waals surface area contributed by atoms with E-state index in [1.165, 1.54) is 22.0 Å². The molecule has 0 radical (unpaired) electrons. The summed E-state index contributed by atoms with van der Waals surface area (Å²) in [5.41, 5.74) is 9.62. The fraction of sp³-hybridized carbons (Fsp3) is 0.222. The van der Waals surface area contributed by atoms with E-state index >= 15 is 0 Å². The molecule has 0 bridgehead atoms. The molecule has 21 heavy (non-hydrogen) atoms. The normalized spacial score (nSPS) is 11.0. The lowest BCUT2D eigenvalue weighted by Gasteiger charge is -2.09. The average Bonchev–Trinajstić information content (AvgIpc) is 2.96. The maximum Gasteiger partial charge on any atom is 0.118 e. The number of hydrogen-bond donors (Lipinski definition) is 1. The van der Waals surface area contributed by atoms with Crippen molar-refractivity contribution in [1.29, 1.82) is 0 Å². The van der Waals surface area contributed by atoms with Crippen molar-refractivity contribution in [3.8, 4) is 5.75 Å². The molecule has 1 aromatic heterocycles. The highest BCUT2D eigenvalue weighted by molar-refractivity contribution is 5.83. The van der Waals surface area contributed by atoms with Crippen LogP contribution in [-0.2, 0) is 19.5 Å². The lowest BCUT2D eigenvalue weighted by molar-refractivity contribution is 0.414. The van der Waals surface area contributed by atoms with Crippen LogP contribution in [0.2, 0.25) is 0 Å². The highest BCUT2D eigenvalue weighted by atomic mass is 16.5. The van der Waals surface area contributed by atoms with Crippen LogP contribution in [0.15, 0.2) is 54.7 Å². The minimum absolute atomic E-state index is 0.573. The maximum atomic E-state index is 5.86. The van der Waals surface area contributed by atoms with Crippen LogP contribution < -0.4 is 10.5 Å². The smallest absolute Gasteiger partial charge is 0.118 e. The molecule has 0 aliphatic carbocycles. The molecule has 3 aromatic rings. The number of methoxy groups -OCH3 is 1. The van der Waals surface area contributed by atoms with Crippen molar-refractivity contribution in [3.05, 3.63) is 65.9 Å². The summed E-state index contributed by atoms with van der Waals surface area (Å²) in [6.07, 6.45) is 3.14. The van der Waals surface area contributed by atoms with Crippen LogP contribution in [0.3, 0.4) is 0 Å². The van der Waals surface area contributed by atoms with Crippen LogP contribution in [0, 0.1) is 0 Å². The average molecular weight is 280 g/mol. The van der Waals surface area contributed by atoms with E-state index in [1.807, 2.05) is 12.1 Å². The first-order chi connectivity index (χ1) is 10.3. The van der Waals surface area contributed by atoms with Crippen molar-refractivity contribution in [2.45, 2.75) is 19.5 Å². The standard InChI is InChI=1S/C18H20N2O/c1-21-17-7-5-14(6-8-17)9-11-20-12-10-15-3-2-4-16(13-19)18(15)20/h2-8,10,12H,9,11,13,19H2,1H3. The molecule has 0 aliphatic heterocycles. The Morgan fingerprint density at radius 3 is 2.57 bits per heavy atom. The van der Waals surface area contributed by atoms with Crippen molar-refractivity contribution in [3.63, 3.8) is 0 Å². The van der Waals surface area contributed by atoms with Gasteiger partial charge in [-0.3, -0.25) is 0 Å². The Hall–Kier alpha value is -2.26. The number of aryl methyl sites for hydroxylation is 2. The largest absolute Gasteiger partial charge is 0.497 e. The summed E-state index contributed by atoms with van der Waals surface area (Å²) in [6.45, 7) is 1.52. The second-order valence-electron chi connectivity index (χ2n) is 5.17. The summed E-state index contributed by atoms with van der Waals surface area (Å²) in [6, 6.07) is 16.7. The molecular weight excluding hydrogens is 260 g/mol. The van der Waals surface area contributed by atoms with Crippen LogP contribution in [0.1, 0.15) is 11.1 Å². The SMILES string of the molecule is COc1ccc(CCn2ccc3cccc(CN)c32)cc1. The lowest BCUT2D eigenvalue weighted by Crippen LogP contribution is -2.04. The summed E-state index contributed by atoms with van der Waals surface area (Å²) >= 11 is 0. The van der Waals surface area contributed by atoms with Gasteiger partial charge in [0.25, 0.3) is 0 Å². The molecule has 3 heteroatoms. The van der Waals surface area contributed by atoms with Crippen molar-refractivity contribution in [2.24, 2.45) is 5.73 Å². The Bertz CT molecular complexity index is 729. The molecule has 3 nitrogen and oxygen atoms in total. The molecule has 0 unspecified atom stereocenters. The topological polar surface area (TPSA) is 40.2 Å². The molecule has 0 spiro atoms. The molecule has 0 saturated carbocycles. The molecule has 0 atom stereocenters. The number of nitrogens with zero attached hydrogens (tertiary/aromatic N) is 1. The van der Waals surface area contributed by atoms with Gasteiger partial charge in [0.1, 0.15) is 5.75 Å². The summed E-state index contributed by atoms with van der Waals surface area (Å²) < 4.78 is 7.48. The summed E-state index contributed by atoms with van der Waals surface area (Å²) in [4.78, 5) is 0. The predicted octanol–water partition coefficient (Wildman–Crippen LogP) is 3.35. The molecule has 2 aromatic carbocycles. The summed E-state index contributed by atoms with van der Waals surface area (Å²) in [5, 5.41) is 1.26. The highest BCUT2D eigenvalue weighted by Gasteiger charge is 2.05. The van der Waals surface area contributed by atoms with E-state index in [1.54, 1.807) is 7.11 Å². The molecule has 3 rings (SSSR count). The van der Waals surface area contributed by atoms with E-state index in [0.29, 0.717) is 6.54 Å². The molecular formula is C18H20N2O. The molecule has 0 amide bonds. The maximum absolute atomic E-state index is 5.86. The second-order valence-corrected chi connectivity index (χ2v) is 5.17. The first-order valence-corrected chi connectivity index (χ1v) is 7.21. The number of ether oxygens (including phenoxy) is 1. The van der Waals surface area contributed by atoms with Gasteiger partial charge < -0.3 is 15.0 Å². The van der Waals surface area contributed by atoms with Gasteiger partial charge in [-0.1, -0.05) is 30.3 Å². The predicted molar refractivity (Wildman–Crippen MR) is 86.5 cm³/mol. The van der Waals surface area contributed by atoms with E-state index in [9.17, 15) is 0 Å². The third kappa shape index (κ3) is 2.78. The summed E-state index contributed by atoms with van der Waals surface area (Å²) in [5.74, 6) is 0.899. The molecule has 0 fully saturated rings. The van der Waals surface area contributed by atoms with Gasteiger partial charge in [0.15, 0.2) is 0 Å². The number of benzene rings is 2. The van der Waals surface area contributed by atoms with Crippen LogP contribution in [0.25, 0.3) is 10.9 Å². The number of hydrogen-bond acceptors (Lipinski definition) is 2. The Morgan fingerprint density at radius 1 is 1.05 bits per heavy atom. The lowest BCUT2D eigenvalue weighted by atomic mass is 10.1. The highest BCUT2D eigenvalue weighted by Crippen LogP contribution is 2.21. The minimum atomic E-state index is 0.573. The Kier molecular flexibility index (Phi) is 3.93. The second kappa shape index (κ2) is 6.02. The summed E-state index contributed by atoms with van der Waals surface area (Å²) in [7, 11) is 1.69. The number of rotatable bonds is 5. The number of para-hydroxylation sites is 1. The quantitative estimate of drug-likeness (QED) is 0.778. The molecule has 0 aliphatic rings. The third-order valence-corrected chi connectivity index (χ3v) is 3.89. The Labute approximate surface area is 125 Å². The minimum Gasteiger partial charge on any atom is -0.497 e. The van der Waals surface area contributed by atoms with Gasteiger partial charge in [0.05, 0.1) is 12.6 Å². The monoisotopic (exact) mass is 280 g/mol. The van der Waals surface area contributed by atoms with Gasteiger partial charge in [-0.25, -0.2) is 0 Å². The third-order valence-electron chi connectivity index (χ3n) is 3.89. The molecule has 0 saturated heterocycles. The fourth-order valence-electron chi connectivity index (χ4n) is 2.73. The Balaban J connectivity index is 1.81. The zero-order valence-corrected chi connectivity index (χ0v) is 12.3. The van der Waals surface area contributed by atoms with Gasteiger partial charge in [0.2, 0.25) is 0 Å².